The summed E-state index contributed by atoms with van der Waals surface area (Å²) in [4.78, 5) is 0. The molecule has 0 aromatic heterocycles. The second kappa shape index (κ2) is 6.45. The van der Waals surface area contributed by atoms with Crippen LogP contribution in [0.4, 0.5) is 4.39 Å². The fourth-order valence-electron chi connectivity index (χ4n) is 1.43. The molecular weight excluding hydrogens is 209 g/mol. The topological polar surface area (TPSA) is 41.5 Å². The summed E-state index contributed by atoms with van der Waals surface area (Å²) in [5.74, 6) is 0.421. The van der Waals surface area contributed by atoms with Crippen molar-refractivity contribution in [2.75, 3.05) is 20.3 Å². The van der Waals surface area contributed by atoms with Crippen molar-refractivity contribution in [1.82, 2.24) is 5.32 Å². The van der Waals surface area contributed by atoms with Gasteiger partial charge in [0.2, 0.25) is 0 Å². The van der Waals surface area contributed by atoms with E-state index in [4.69, 9.17) is 9.84 Å². The van der Waals surface area contributed by atoms with Gasteiger partial charge in [-0.1, -0.05) is 0 Å². The van der Waals surface area contributed by atoms with Gasteiger partial charge in [-0.05, 0) is 44.2 Å². The number of hydrogen-bond donors (Lipinski definition) is 2. The lowest BCUT2D eigenvalue weighted by Crippen LogP contribution is -2.32. The highest BCUT2D eigenvalue weighted by molar-refractivity contribution is 5.32. The molecule has 3 nitrogen and oxygen atoms in total. The molecule has 4 heteroatoms. The van der Waals surface area contributed by atoms with Gasteiger partial charge in [0.15, 0.2) is 0 Å². The van der Waals surface area contributed by atoms with Crippen molar-refractivity contribution in [3.63, 3.8) is 0 Å². The summed E-state index contributed by atoms with van der Waals surface area (Å²) >= 11 is 0. The number of hydrogen-bond acceptors (Lipinski definition) is 3. The van der Waals surface area contributed by atoms with Gasteiger partial charge in [-0.3, -0.25) is 0 Å². The number of nitrogens with one attached hydrogen (secondary N) is 1. The zero-order valence-corrected chi connectivity index (χ0v) is 9.66. The van der Waals surface area contributed by atoms with Gasteiger partial charge in [-0.15, -0.1) is 0 Å². The molecule has 1 aromatic carbocycles. The smallest absolute Gasteiger partial charge is 0.123 e. The molecule has 1 rings (SSSR count). The van der Waals surface area contributed by atoms with Gasteiger partial charge in [-0.25, -0.2) is 4.39 Å². The van der Waals surface area contributed by atoms with Crippen LogP contribution in [0.2, 0.25) is 0 Å². The molecule has 0 aliphatic heterocycles. The van der Waals surface area contributed by atoms with E-state index in [9.17, 15) is 4.39 Å². The summed E-state index contributed by atoms with van der Waals surface area (Å²) < 4.78 is 18.4. The van der Waals surface area contributed by atoms with Crippen molar-refractivity contribution in [1.29, 1.82) is 0 Å². The Morgan fingerprint density at radius 2 is 2.25 bits per heavy atom. The maximum absolute atomic E-state index is 12.8. The molecule has 0 fully saturated rings. The second-order valence-electron chi connectivity index (χ2n) is 3.72. The molecule has 0 saturated heterocycles. The Balaban J connectivity index is 2.53. The molecule has 0 spiro atoms. The van der Waals surface area contributed by atoms with Crippen molar-refractivity contribution < 1.29 is 14.2 Å². The highest BCUT2D eigenvalue weighted by atomic mass is 19.1. The predicted molar refractivity (Wildman–Crippen MR) is 61.2 cm³/mol. The first kappa shape index (κ1) is 12.9. The molecule has 16 heavy (non-hydrogen) atoms. The first-order valence-corrected chi connectivity index (χ1v) is 5.34. The Bertz CT molecular complexity index is 331. The first-order valence-electron chi connectivity index (χ1n) is 5.34. The van der Waals surface area contributed by atoms with E-state index in [-0.39, 0.29) is 18.5 Å². The SMILES string of the molecule is CNC(CCO)COc1ccc(F)cc1C. The van der Waals surface area contributed by atoms with Crippen LogP contribution >= 0.6 is 0 Å². The number of rotatable bonds is 6. The van der Waals surface area contributed by atoms with E-state index < -0.39 is 0 Å². The fourth-order valence-corrected chi connectivity index (χ4v) is 1.43. The van der Waals surface area contributed by atoms with E-state index >= 15 is 0 Å². The highest BCUT2D eigenvalue weighted by Crippen LogP contribution is 2.18. The molecule has 0 bridgehead atoms. The minimum Gasteiger partial charge on any atom is -0.492 e. The highest BCUT2D eigenvalue weighted by Gasteiger charge is 2.07. The first-order chi connectivity index (χ1) is 7.67. The summed E-state index contributed by atoms with van der Waals surface area (Å²) in [7, 11) is 1.82. The van der Waals surface area contributed by atoms with Crippen molar-refractivity contribution in [3.8, 4) is 5.75 Å². The molecule has 2 N–H and O–H groups in total. The van der Waals surface area contributed by atoms with Gasteiger partial charge in [0, 0.05) is 12.6 Å². The number of aliphatic hydroxyl groups excluding tert-OH is 1. The average Bonchev–Trinajstić information content (AvgIpc) is 2.26. The third kappa shape index (κ3) is 3.79. The molecule has 1 aromatic rings. The van der Waals surface area contributed by atoms with Crippen LogP contribution in [0.15, 0.2) is 18.2 Å². The zero-order valence-electron chi connectivity index (χ0n) is 9.66. The third-order valence-corrected chi connectivity index (χ3v) is 2.46. The van der Waals surface area contributed by atoms with E-state index in [0.29, 0.717) is 18.8 Å². The number of likely N-dealkylation sites (N-methyl/N-ethyl adjacent to an activating group) is 1. The number of halogens is 1. The van der Waals surface area contributed by atoms with E-state index in [2.05, 4.69) is 5.32 Å². The molecule has 1 atom stereocenters. The van der Waals surface area contributed by atoms with Crippen molar-refractivity contribution in [2.45, 2.75) is 19.4 Å². The molecule has 0 aliphatic carbocycles. The average molecular weight is 227 g/mol. The molecular formula is C12H18FNO2. The van der Waals surface area contributed by atoms with Gasteiger partial charge in [-0.2, -0.15) is 0 Å². The Labute approximate surface area is 95.2 Å². The van der Waals surface area contributed by atoms with E-state index in [1.54, 1.807) is 13.0 Å². The minimum absolute atomic E-state index is 0.106. The van der Waals surface area contributed by atoms with Gasteiger partial charge in [0.25, 0.3) is 0 Å². The summed E-state index contributed by atoms with van der Waals surface area (Å²) in [5.41, 5.74) is 0.777. The van der Waals surface area contributed by atoms with Crippen LogP contribution in [0.5, 0.6) is 5.75 Å². The van der Waals surface area contributed by atoms with Crippen LogP contribution in [0, 0.1) is 12.7 Å². The van der Waals surface area contributed by atoms with E-state index in [1.807, 2.05) is 7.05 Å². The second-order valence-corrected chi connectivity index (χ2v) is 3.72. The maximum atomic E-state index is 12.8. The Hall–Kier alpha value is -1.13. The van der Waals surface area contributed by atoms with Crippen LogP contribution in [0.25, 0.3) is 0 Å². The molecule has 90 valence electrons. The van der Waals surface area contributed by atoms with E-state index in [1.165, 1.54) is 12.1 Å². The summed E-state index contributed by atoms with van der Waals surface area (Å²) in [6.45, 7) is 2.39. The van der Waals surface area contributed by atoms with Crippen molar-refractivity contribution >= 4 is 0 Å². The van der Waals surface area contributed by atoms with Crippen LogP contribution in [0.1, 0.15) is 12.0 Å². The van der Waals surface area contributed by atoms with Crippen molar-refractivity contribution in [3.05, 3.63) is 29.6 Å². The molecule has 0 aliphatic rings. The molecule has 0 saturated carbocycles. The van der Waals surface area contributed by atoms with Gasteiger partial charge in [0.05, 0.1) is 0 Å². The summed E-state index contributed by atoms with van der Waals surface area (Å²) in [6.07, 6.45) is 0.636. The number of aryl methyl sites for hydroxylation is 1. The van der Waals surface area contributed by atoms with E-state index in [0.717, 1.165) is 5.56 Å². The summed E-state index contributed by atoms with van der Waals surface area (Å²) in [6, 6.07) is 4.55. The Morgan fingerprint density at radius 1 is 1.50 bits per heavy atom. The van der Waals surface area contributed by atoms with Gasteiger partial charge in [0.1, 0.15) is 18.2 Å². The maximum Gasteiger partial charge on any atom is 0.123 e. The summed E-state index contributed by atoms with van der Waals surface area (Å²) in [5, 5.41) is 11.9. The zero-order chi connectivity index (χ0) is 12.0. The van der Waals surface area contributed by atoms with Crippen LogP contribution in [-0.4, -0.2) is 31.4 Å². The lowest BCUT2D eigenvalue weighted by Gasteiger charge is -2.16. The lowest BCUT2D eigenvalue weighted by atomic mass is 10.2. The fraction of sp³-hybridized carbons (Fsp3) is 0.500. The monoisotopic (exact) mass is 227 g/mol. The van der Waals surface area contributed by atoms with Crippen LogP contribution in [-0.2, 0) is 0 Å². The lowest BCUT2D eigenvalue weighted by molar-refractivity contribution is 0.218. The molecule has 0 radical (unpaired) electrons. The quantitative estimate of drug-likeness (QED) is 0.773. The number of benzene rings is 1. The molecule has 0 heterocycles. The Kier molecular flexibility index (Phi) is 5.22. The standard InChI is InChI=1S/C12H18FNO2/c1-9-7-10(13)3-4-12(9)16-8-11(14-2)5-6-15/h3-4,7,11,14-15H,5-6,8H2,1-2H3. The van der Waals surface area contributed by atoms with Gasteiger partial charge < -0.3 is 15.2 Å². The third-order valence-electron chi connectivity index (χ3n) is 2.46. The van der Waals surface area contributed by atoms with Gasteiger partial charge >= 0.3 is 0 Å². The largest absolute Gasteiger partial charge is 0.492 e. The molecule has 0 amide bonds. The Morgan fingerprint density at radius 3 is 2.81 bits per heavy atom. The van der Waals surface area contributed by atoms with Crippen LogP contribution in [0.3, 0.4) is 0 Å². The van der Waals surface area contributed by atoms with Crippen molar-refractivity contribution in [2.24, 2.45) is 0 Å². The molecule has 1 unspecified atom stereocenters. The normalized spacial score (nSPS) is 12.5. The predicted octanol–water partition coefficient (Wildman–Crippen LogP) is 1.48. The number of aliphatic hydroxyl groups is 1. The number of ether oxygens (including phenoxy) is 1. The van der Waals surface area contributed by atoms with Crippen LogP contribution < -0.4 is 10.1 Å². The minimum atomic E-state index is -0.259.